The molecular weight excluding hydrogens is 188 g/mol. The number of hydrogen-bond donors (Lipinski definition) is 1. The number of ether oxygens (including phenoxy) is 1. The van der Waals surface area contributed by atoms with Gasteiger partial charge in [-0.25, -0.2) is 0 Å². The maximum absolute atomic E-state index is 5.87. The Hall–Kier alpha value is -1.22. The molecule has 0 fully saturated rings. The normalized spacial score (nSPS) is 9.77. The predicted octanol–water partition coefficient (Wildman–Crippen LogP) is 2.36. The molecule has 70 valence electrons. The van der Waals surface area contributed by atoms with E-state index in [1.54, 1.807) is 6.07 Å². The molecule has 1 aromatic rings. The number of nitrogen functional groups attached to an aromatic ring is 1. The van der Waals surface area contributed by atoms with Crippen LogP contribution in [0.15, 0.2) is 12.6 Å². The van der Waals surface area contributed by atoms with Crippen molar-refractivity contribution in [3.63, 3.8) is 0 Å². The summed E-state index contributed by atoms with van der Waals surface area (Å²) < 4.78 is 4.91. The van der Waals surface area contributed by atoms with Crippen LogP contribution in [0.3, 0.4) is 0 Å². The van der Waals surface area contributed by atoms with Crippen molar-refractivity contribution in [2.45, 2.75) is 6.92 Å². The summed E-state index contributed by atoms with van der Waals surface area (Å²) in [6.45, 7) is 5.60. The third kappa shape index (κ3) is 1.92. The molecule has 0 aliphatic heterocycles. The molecule has 0 unspecified atom stereocenters. The summed E-state index contributed by atoms with van der Waals surface area (Å²) in [7, 11) is 1.50. The van der Waals surface area contributed by atoms with Gasteiger partial charge in [0.2, 0.25) is 5.88 Å². The van der Waals surface area contributed by atoms with Crippen molar-refractivity contribution in [3.05, 3.63) is 23.4 Å². The molecule has 0 bridgehead atoms. The first kappa shape index (κ1) is 9.86. The molecule has 0 radical (unpaired) electrons. The fourth-order valence-corrected chi connectivity index (χ4v) is 1.25. The highest BCUT2D eigenvalue weighted by Crippen LogP contribution is 2.28. The highest BCUT2D eigenvalue weighted by Gasteiger charge is 2.08. The first-order valence-corrected chi connectivity index (χ1v) is 4.10. The van der Waals surface area contributed by atoms with Gasteiger partial charge in [-0.15, -0.1) is 0 Å². The summed E-state index contributed by atoms with van der Waals surface area (Å²) in [5.41, 5.74) is 7.69. The van der Waals surface area contributed by atoms with Gasteiger partial charge in [-0.1, -0.05) is 18.2 Å². The van der Waals surface area contributed by atoms with Gasteiger partial charge in [-0.05, 0) is 18.6 Å². The van der Waals surface area contributed by atoms with E-state index >= 15 is 0 Å². The molecular formula is C9H11ClN2O. The second-order valence-electron chi connectivity index (χ2n) is 2.71. The number of halogens is 1. The van der Waals surface area contributed by atoms with E-state index in [1.807, 2.05) is 6.92 Å². The van der Waals surface area contributed by atoms with Gasteiger partial charge in [0.15, 0.2) is 0 Å². The smallest absolute Gasteiger partial charge is 0.238 e. The number of nitrogens with zero attached hydrogens (tertiary/aromatic N) is 1. The van der Waals surface area contributed by atoms with E-state index < -0.39 is 0 Å². The predicted molar refractivity (Wildman–Crippen MR) is 54.9 cm³/mol. The Balaban J connectivity index is 3.28. The largest absolute Gasteiger partial charge is 0.479 e. The van der Waals surface area contributed by atoms with Crippen LogP contribution in [-0.2, 0) is 0 Å². The van der Waals surface area contributed by atoms with Crippen molar-refractivity contribution in [3.8, 4) is 5.88 Å². The fourth-order valence-electron chi connectivity index (χ4n) is 0.953. The molecule has 0 saturated heterocycles. The molecule has 0 saturated carbocycles. The summed E-state index contributed by atoms with van der Waals surface area (Å²) in [5.74, 6) is 0.343. The molecule has 1 heterocycles. The van der Waals surface area contributed by atoms with Crippen molar-refractivity contribution >= 4 is 22.9 Å². The summed E-state index contributed by atoms with van der Waals surface area (Å²) >= 11 is 5.87. The van der Waals surface area contributed by atoms with E-state index in [2.05, 4.69) is 11.6 Å². The van der Waals surface area contributed by atoms with Gasteiger partial charge in [0.25, 0.3) is 0 Å². The second kappa shape index (κ2) is 3.66. The highest BCUT2D eigenvalue weighted by atomic mass is 35.5. The Morgan fingerprint density at radius 1 is 1.69 bits per heavy atom. The van der Waals surface area contributed by atoms with Crippen LogP contribution in [0, 0.1) is 0 Å². The van der Waals surface area contributed by atoms with Crippen molar-refractivity contribution in [2.75, 3.05) is 12.8 Å². The third-order valence-corrected chi connectivity index (χ3v) is 1.91. The van der Waals surface area contributed by atoms with Crippen molar-refractivity contribution in [1.29, 1.82) is 0 Å². The third-order valence-electron chi connectivity index (χ3n) is 1.62. The van der Waals surface area contributed by atoms with Crippen molar-refractivity contribution < 1.29 is 4.74 Å². The van der Waals surface area contributed by atoms with Gasteiger partial charge >= 0.3 is 0 Å². The number of rotatable bonds is 2. The monoisotopic (exact) mass is 198 g/mol. The SMILES string of the molecule is C=C(C)c1cc(N)c(OC)nc1Cl. The highest BCUT2D eigenvalue weighted by molar-refractivity contribution is 6.31. The van der Waals surface area contributed by atoms with E-state index in [-0.39, 0.29) is 0 Å². The minimum absolute atomic E-state index is 0.343. The Bertz CT molecular complexity index is 350. The number of nitrogens with two attached hydrogens (primary N) is 1. The lowest BCUT2D eigenvalue weighted by molar-refractivity contribution is 0.400. The van der Waals surface area contributed by atoms with Crippen LogP contribution in [0.25, 0.3) is 5.57 Å². The molecule has 3 nitrogen and oxygen atoms in total. The first-order chi connectivity index (χ1) is 6.06. The number of hydrogen-bond acceptors (Lipinski definition) is 3. The summed E-state index contributed by atoms with van der Waals surface area (Å²) in [4.78, 5) is 3.97. The minimum Gasteiger partial charge on any atom is -0.479 e. The molecule has 13 heavy (non-hydrogen) atoms. The molecule has 0 amide bonds. The second-order valence-corrected chi connectivity index (χ2v) is 3.06. The van der Waals surface area contributed by atoms with Gasteiger partial charge in [0.1, 0.15) is 5.15 Å². The zero-order valence-electron chi connectivity index (χ0n) is 7.60. The van der Waals surface area contributed by atoms with Gasteiger partial charge in [-0.2, -0.15) is 4.98 Å². The molecule has 0 aliphatic carbocycles. The number of anilines is 1. The standard InChI is InChI=1S/C9H11ClN2O/c1-5(2)6-4-7(11)9(13-3)12-8(6)10/h4H,1,11H2,2-3H3. The summed E-state index contributed by atoms with van der Waals surface area (Å²) in [6, 6.07) is 1.70. The summed E-state index contributed by atoms with van der Waals surface area (Å²) in [6.07, 6.45) is 0. The minimum atomic E-state index is 0.343. The Morgan fingerprint density at radius 2 is 2.31 bits per heavy atom. The number of methoxy groups -OCH3 is 1. The average Bonchev–Trinajstić information content (AvgIpc) is 2.07. The Morgan fingerprint density at radius 3 is 2.77 bits per heavy atom. The van der Waals surface area contributed by atoms with Crippen LogP contribution in [-0.4, -0.2) is 12.1 Å². The maximum atomic E-state index is 5.87. The van der Waals surface area contributed by atoms with Gasteiger partial charge < -0.3 is 10.5 Å². The number of pyridine rings is 1. The van der Waals surface area contributed by atoms with Gasteiger partial charge in [0.05, 0.1) is 12.8 Å². The first-order valence-electron chi connectivity index (χ1n) is 3.72. The summed E-state index contributed by atoms with van der Waals surface area (Å²) in [5, 5.41) is 0.360. The Kier molecular flexibility index (Phi) is 2.78. The van der Waals surface area contributed by atoms with Crippen molar-refractivity contribution in [2.24, 2.45) is 0 Å². The molecule has 0 aromatic carbocycles. The van der Waals surface area contributed by atoms with Crippen LogP contribution in [0.4, 0.5) is 5.69 Å². The molecule has 0 atom stereocenters. The van der Waals surface area contributed by atoms with Crippen LogP contribution in [0.1, 0.15) is 12.5 Å². The van der Waals surface area contributed by atoms with E-state index in [4.69, 9.17) is 22.1 Å². The molecule has 0 aliphatic rings. The number of allylic oxidation sites excluding steroid dienone is 1. The average molecular weight is 199 g/mol. The van der Waals surface area contributed by atoms with E-state index in [9.17, 15) is 0 Å². The van der Waals surface area contributed by atoms with Gasteiger partial charge in [-0.3, -0.25) is 0 Å². The van der Waals surface area contributed by atoms with E-state index in [1.165, 1.54) is 7.11 Å². The lowest BCUT2D eigenvalue weighted by atomic mass is 10.1. The molecule has 1 aromatic heterocycles. The van der Waals surface area contributed by atoms with Gasteiger partial charge in [0, 0.05) is 5.56 Å². The quantitative estimate of drug-likeness (QED) is 0.743. The zero-order chi connectivity index (χ0) is 10.0. The Labute approximate surface area is 82.2 Å². The van der Waals surface area contributed by atoms with E-state index in [0.29, 0.717) is 16.7 Å². The molecule has 1 rings (SSSR count). The van der Waals surface area contributed by atoms with E-state index in [0.717, 1.165) is 11.1 Å². The van der Waals surface area contributed by atoms with Crippen LogP contribution in [0.2, 0.25) is 5.15 Å². The van der Waals surface area contributed by atoms with Crippen LogP contribution < -0.4 is 10.5 Å². The number of aromatic nitrogens is 1. The molecule has 4 heteroatoms. The molecule has 0 spiro atoms. The molecule has 2 N–H and O–H groups in total. The maximum Gasteiger partial charge on any atom is 0.238 e. The lowest BCUT2D eigenvalue weighted by Gasteiger charge is -2.07. The van der Waals surface area contributed by atoms with Crippen molar-refractivity contribution in [1.82, 2.24) is 4.98 Å². The van der Waals surface area contributed by atoms with Crippen LogP contribution >= 0.6 is 11.6 Å². The van der Waals surface area contributed by atoms with Crippen LogP contribution in [0.5, 0.6) is 5.88 Å². The topological polar surface area (TPSA) is 48.1 Å². The lowest BCUT2D eigenvalue weighted by Crippen LogP contribution is -1.97. The zero-order valence-corrected chi connectivity index (χ0v) is 8.35. The fraction of sp³-hybridized carbons (Fsp3) is 0.222.